The first-order valence-electron chi connectivity index (χ1n) is 9.40. The Kier molecular flexibility index (Phi) is 7.13. The Morgan fingerprint density at radius 3 is 2.85 bits per heavy atom. The minimum atomic E-state index is -0.349. The first-order valence-corrected chi connectivity index (χ1v) is 10.6. The summed E-state index contributed by atoms with van der Waals surface area (Å²) in [5, 5.41) is 4.79. The SMILES string of the molecule is C=CC=c1cc2ccc(CSCC(=O)OC3CCCCO3)cc2cc1=CC. The predicted molar refractivity (Wildman–Crippen MR) is 114 cm³/mol. The molecule has 142 valence electrons. The van der Waals surface area contributed by atoms with E-state index in [1.807, 2.05) is 19.1 Å². The molecule has 0 radical (unpaired) electrons. The zero-order valence-corrected chi connectivity index (χ0v) is 16.6. The lowest BCUT2D eigenvalue weighted by Gasteiger charge is -2.22. The molecule has 0 saturated carbocycles. The number of benzene rings is 2. The third-order valence-electron chi connectivity index (χ3n) is 4.60. The topological polar surface area (TPSA) is 35.5 Å². The summed E-state index contributed by atoms with van der Waals surface area (Å²) >= 11 is 1.58. The highest BCUT2D eigenvalue weighted by molar-refractivity contribution is 7.99. The Labute approximate surface area is 164 Å². The number of allylic oxidation sites excluding steroid dienone is 1. The summed E-state index contributed by atoms with van der Waals surface area (Å²) in [6, 6.07) is 10.8. The molecule has 4 heteroatoms. The van der Waals surface area contributed by atoms with Crippen molar-refractivity contribution in [3.05, 3.63) is 59.0 Å². The number of thioether (sulfide) groups is 1. The van der Waals surface area contributed by atoms with Gasteiger partial charge in [-0.3, -0.25) is 4.79 Å². The normalized spacial score (nSPS) is 18.6. The molecule has 1 unspecified atom stereocenters. The van der Waals surface area contributed by atoms with Gasteiger partial charge in [-0.05, 0) is 58.7 Å². The summed E-state index contributed by atoms with van der Waals surface area (Å²) in [5.41, 5.74) is 1.21. The number of rotatable bonds is 6. The van der Waals surface area contributed by atoms with Crippen LogP contribution in [0.25, 0.3) is 22.9 Å². The fourth-order valence-electron chi connectivity index (χ4n) is 3.23. The first-order chi connectivity index (χ1) is 13.2. The second-order valence-corrected chi connectivity index (χ2v) is 7.62. The van der Waals surface area contributed by atoms with Gasteiger partial charge in [0.2, 0.25) is 6.29 Å². The molecule has 0 amide bonds. The van der Waals surface area contributed by atoms with Crippen LogP contribution in [-0.4, -0.2) is 24.6 Å². The number of carbonyl (C=O) groups excluding carboxylic acids is 1. The van der Waals surface area contributed by atoms with Crippen molar-refractivity contribution in [3.63, 3.8) is 0 Å². The average Bonchev–Trinajstić information content (AvgIpc) is 2.68. The van der Waals surface area contributed by atoms with Crippen molar-refractivity contribution in [1.29, 1.82) is 0 Å². The molecule has 27 heavy (non-hydrogen) atoms. The number of hydrogen-bond donors (Lipinski definition) is 0. The molecule has 2 aromatic carbocycles. The highest BCUT2D eigenvalue weighted by Gasteiger charge is 2.17. The Balaban J connectivity index is 1.62. The number of hydrogen-bond acceptors (Lipinski definition) is 4. The lowest BCUT2D eigenvalue weighted by atomic mass is 10.0. The zero-order valence-electron chi connectivity index (χ0n) is 15.8. The molecule has 0 aliphatic carbocycles. The molecule has 0 aromatic heterocycles. The third kappa shape index (κ3) is 5.47. The van der Waals surface area contributed by atoms with Gasteiger partial charge in [0.15, 0.2) is 0 Å². The van der Waals surface area contributed by atoms with Gasteiger partial charge < -0.3 is 9.47 Å². The molecule has 1 heterocycles. The van der Waals surface area contributed by atoms with Crippen molar-refractivity contribution in [2.24, 2.45) is 0 Å². The van der Waals surface area contributed by atoms with Crippen molar-refractivity contribution in [2.45, 2.75) is 38.2 Å². The Morgan fingerprint density at radius 2 is 2.11 bits per heavy atom. The Morgan fingerprint density at radius 1 is 1.26 bits per heavy atom. The van der Waals surface area contributed by atoms with Crippen LogP contribution in [0.3, 0.4) is 0 Å². The van der Waals surface area contributed by atoms with E-state index in [0.29, 0.717) is 12.4 Å². The Bertz CT molecular complexity index is 927. The van der Waals surface area contributed by atoms with Crippen molar-refractivity contribution < 1.29 is 14.3 Å². The quantitative estimate of drug-likeness (QED) is 0.710. The fraction of sp³-hybridized carbons (Fsp3) is 0.348. The van der Waals surface area contributed by atoms with Gasteiger partial charge in [0.25, 0.3) is 0 Å². The van der Waals surface area contributed by atoms with Crippen LogP contribution >= 0.6 is 11.8 Å². The van der Waals surface area contributed by atoms with Gasteiger partial charge in [0.1, 0.15) is 0 Å². The molecule has 1 fully saturated rings. The van der Waals surface area contributed by atoms with Gasteiger partial charge in [-0.25, -0.2) is 0 Å². The summed E-state index contributed by atoms with van der Waals surface area (Å²) in [7, 11) is 0. The van der Waals surface area contributed by atoms with Gasteiger partial charge in [-0.1, -0.05) is 43.0 Å². The standard InChI is InChI=1S/C23H26O3S/c1-3-7-19-14-20-10-9-17(12-21(20)13-18(19)4-2)15-27-16-22(24)26-23-8-5-6-11-25-23/h3-4,7,9-10,12-14,23H,1,5-6,8,11,15-16H2,2H3. The summed E-state index contributed by atoms with van der Waals surface area (Å²) < 4.78 is 10.8. The maximum atomic E-state index is 12.0. The minimum Gasteiger partial charge on any atom is -0.435 e. The molecular weight excluding hydrogens is 356 g/mol. The summed E-state index contributed by atoms with van der Waals surface area (Å²) in [6.07, 6.45) is 8.53. The number of ether oxygens (including phenoxy) is 2. The van der Waals surface area contributed by atoms with Gasteiger partial charge in [0, 0.05) is 12.2 Å². The van der Waals surface area contributed by atoms with Crippen molar-refractivity contribution in [2.75, 3.05) is 12.4 Å². The fourth-order valence-corrected chi connectivity index (χ4v) is 3.98. The molecule has 1 saturated heterocycles. The van der Waals surface area contributed by atoms with E-state index in [1.165, 1.54) is 26.8 Å². The van der Waals surface area contributed by atoms with Crippen molar-refractivity contribution >= 4 is 40.7 Å². The molecule has 3 nitrogen and oxygen atoms in total. The van der Waals surface area contributed by atoms with E-state index in [9.17, 15) is 4.79 Å². The lowest BCUT2D eigenvalue weighted by Crippen LogP contribution is -2.26. The first kappa shape index (κ1) is 19.7. The summed E-state index contributed by atoms with van der Waals surface area (Å²) in [5.74, 6) is 0.932. The van der Waals surface area contributed by atoms with Crippen LogP contribution in [0.2, 0.25) is 0 Å². The van der Waals surface area contributed by atoms with E-state index >= 15 is 0 Å². The van der Waals surface area contributed by atoms with E-state index in [4.69, 9.17) is 9.47 Å². The molecule has 0 bridgehead atoms. The maximum absolute atomic E-state index is 12.0. The zero-order chi connectivity index (χ0) is 19.1. The minimum absolute atomic E-state index is 0.194. The molecule has 0 N–H and O–H groups in total. The molecule has 1 aliphatic heterocycles. The number of esters is 1. The highest BCUT2D eigenvalue weighted by atomic mass is 32.2. The second kappa shape index (κ2) is 9.77. The van der Waals surface area contributed by atoms with Gasteiger partial charge in [-0.15, -0.1) is 11.8 Å². The van der Waals surface area contributed by atoms with E-state index in [2.05, 4.69) is 43.0 Å². The van der Waals surface area contributed by atoms with Crippen LogP contribution in [0.1, 0.15) is 31.7 Å². The molecular formula is C23H26O3S. The average molecular weight is 383 g/mol. The number of carbonyl (C=O) groups is 1. The molecule has 1 atom stereocenters. The molecule has 1 aliphatic rings. The monoisotopic (exact) mass is 382 g/mol. The van der Waals surface area contributed by atoms with Gasteiger partial charge in [-0.2, -0.15) is 0 Å². The van der Waals surface area contributed by atoms with Crippen LogP contribution < -0.4 is 10.4 Å². The largest absolute Gasteiger partial charge is 0.435 e. The molecule has 2 aromatic rings. The lowest BCUT2D eigenvalue weighted by molar-refractivity contribution is -0.183. The van der Waals surface area contributed by atoms with Crippen molar-refractivity contribution in [3.8, 4) is 0 Å². The molecule has 0 spiro atoms. The van der Waals surface area contributed by atoms with Crippen LogP contribution in [0.4, 0.5) is 0 Å². The van der Waals surface area contributed by atoms with Crippen LogP contribution in [0.5, 0.6) is 0 Å². The van der Waals surface area contributed by atoms with Crippen LogP contribution in [0, 0.1) is 0 Å². The number of fused-ring (bicyclic) bond motifs is 1. The third-order valence-corrected chi connectivity index (χ3v) is 5.58. The smallest absolute Gasteiger partial charge is 0.318 e. The van der Waals surface area contributed by atoms with E-state index in [1.54, 1.807) is 11.8 Å². The van der Waals surface area contributed by atoms with Crippen LogP contribution in [-0.2, 0) is 20.0 Å². The summed E-state index contributed by atoms with van der Waals surface area (Å²) in [4.78, 5) is 12.0. The maximum Gasteiger partial charge on any atom is 0.318 e. The van der Waals surface area contributed by atoms with Gasteiger partial charge >= 0.3 is 5.97 Å². The van der Waals surface area contributed by atoms with Gasteiger partial charge in [0.05, 0.1) is 12.4 Å². The van der Waals surface area contributed by atoms with Crippen molar-refractivity contribution in [1.82, 2.24) is 0 Å². The van der Waals surface area contributed by atoms with E-state index in [-0.39, 0.29) is 12.3 Å². The van der Waals surface area contributed by atoms with Crippen LogP contribution in [0.15, 0.2) is 43.0 Å². The second-order valence-electron chi connectivity index (χ2n) is 6.63. The Hall–Kier alpha value is -2.04. The van der Waals surface area contributed by atoms with E-state index < -0.39 is 0 Å². The summed E-state index contributed by atoms with van der Waals surface area (Å²) in [6.45, 7) is 6.52. The van der Waals surface area contributed by atoms with E-state index in [0.717, 1.165) is 25.0 Å². The predicted octanol–water partition coefficient (Wildman–Crippen LogP) is 3.91. The highest BCUT2D eigenvalue weighted by Crippen LogP contribution is 2.19. The molecule has 3 rings (SSSR count).